The number of carbonyl (C=O) groups is 1. The van der Waals surface area contributed by atoms with Gasteiger partial charge in [0.1, 0.15) is 0 Å². The third kappa shape index (κ3) is 4.67. The quantitative estimate of drug-likeness (QED) is 0.890. The smallest absolute Gasteiger partial charge is 0.243 e. The topological polar surface area (TPSA) is 66.5 Å². The molecule has 2 aromatic rings. The Balaban J connectivity index is 2.16. The molecular weight excluding hydrogens is 336 g/mol. The van der Waals surface area contributed by atoms with E-state index in [4.69, 9.17) is 0 Å². The van der Waals surface area contributed by atoms with Gasteiger partial charge in [0.2, 0.25) is 15.9 Å². The van der Waals surface area contributed by atoms with E-state index in [1.165, 1.54) is 7.05 Å². The lowest BCUT2D eigenvalue weighted by molar-refractivity contribution is -0.116. The van der Waals surface area contributed by atoms with Crippen LogP contribution >= 0.6 is 0 Å². The maximum atomic E-state index is 12.7. The van der Waals surface area contributed by atoms with Crippen LogP contribution in [0.2, 0.25) is 0 Å². The van der Waals surface area contributed by atoms with E-state index in [0.717, 1.165) is 21.0 Å². The highest BCUT2D eigenvalue weighted by Crippen LogP contribution is 2.20. The lowest BCUT2D eigenvalue weighted by Gasteiger charge is -2.18. The molecular formula is C19H24N2O3S. The molecule has 6 heteroatoms. The Morgan fingerprint density at radius 1 is 0.960 bits per heavy atom. The van der Waals surface area contributed by atoms with Crippen molar-refractivity contribution in [3.8, 4) is 0 Å². The van der Waals surface area contributed by atoms with Gasteiger partial charge in [-0.25, -0.2) is 8.42 Å². The number of hydrogen-bond donors (Lipinski definition) is 1. The molecule has 0 saturated carbocycles. The second-order valence-electron chi connectivity index (χ2n) is 6.45. The monoisotopic (exact) mass is 360 g/mol. The van der Waals surface area contributed by atoms with E-state index >= 15 is 0 Å². The summed E-state index contributed by atoms with van der Waals surface area (Å²) in [6, 6.07) is 11.0. The Morgan fingerprint density at radius 2 is 1.56 bits per heavy atom. The van der Waals surface area contributed by atoms with E-state index in [2.05, 4.69) is 5.32 Å². The molecule has 0 spiro atoms. The van der Waals surface area contributed by atoms with Gasteiger partial charge in [0.05, 0.1) is 11.4 Å². The highest BCUT2D eigenvalue weighted by atomic mass is 32.2. The standard InChI is InChI=1S/C19H24N2O3S/c1-13-6-7-16(4)18(11-13)25(23,24)21(5)12-19(22)20-17-9-14(2)8-15(3)10-17/h6-11H,12H2,1-5H3,(H,20,22). The molecule has 5 nitrogen and oxygen atoms in total. The molecule has 0 saturated heterocycles. The molecule has 0 heterocycles. The molecule has 0 aliphatic heterocycles. The zero-order valence-corrected chi connectivity index (χ0v) is 16.1. The maximum absolute atomic E-state index is 12.7. The van der Waals surface area contributed by atoms with Crippen molar-refractivity contribution < 1.29 is 13.2 Å². The highest BCUT2D eigenvalue weighted by Gasteiger charge is 2.24. The van der Waals surface area contributed by atoms with Gasteiger partial charge in [0.25, 0.3) is 0 Å². The zero-order valence-electron chi connectivity index (χ0n) is 15.3. The second-order valence-corrected chi connectivity index (χ2v) is 8.47. The van der Waals surface area contributed by atoms with Crippen LogP contribution in [-0.4, -0.2) is 32.2 Å². The van der Waals surface area contributed by atoms with Crippen LogP contribution in [0.25, 0.3) is 0 Å². The molecule has 0 atom stereocenters. The molecule has 134 valence electrons. The molecule has 0 unspecified atom stereocenters. The Kier molecular flexibility index (Phi) is 5.65. The summed E-state index contributed by atoms with van der Waals surface area (Å²) in [4.78, 5) is 12.5. The van der Waals surface area contributed by atoms with Crippen molar-refractivity contribution in [2.75, 3.05) is 18.9 Å². The first kappa shape index (κ1) is 19.1. The number of likely N-dealkylation sites (N-methyl/N-ethyl adjacent to an activating group) is 1. The first-order valence-corrected chi connectivity index (χ1v) is 9.45. The predicted octanol–water partition coefficient (Wildman–Crippen LogP) is 3.18. The van der Waals surface area contributed by atoms with Crippen LogP contribution in [0, 0.1) is 27.7 Å². The van der Waals surface area contributed by atoms with E-state index in [1.807, 2.05) is 45.0 Å². The minimum absolute atomic E-state index is 0.231. The summed E-state index contributed by atoms with van der Waals surface area (Å²) in [6.45, 7) is 7.23. The van der Waals surface area contributed by atoms with Gasteiger partial charge < -0.3 is 5.32 Å². The summed E-state index contributed by atoms with van der Waals surface area (Å²) in [7, 11) is -2.31. The lowest BCUT2D eigenvalue weighted by Crippen LogP contribution is -2.35. The normalized spacial score (nSPS) is 11.6. The van der Waals surface area contributed by atoms with E-state index in [1.54, 1.807) is 19.1 Å². The fourth-order valence-electron chi connectivity index (χ4n) is 2.69. The van der Waals surface area contributed by atoms with Crippen LogP contribution in [0.1, 0.15) is 22.3 Å². The van der Waals surface area contributed by atoms with Crippen LogP contribution < -0.4 is 5.32 Å². The fourth-order valence-corrected chi connectivity index (χ4v) is 4.12. The molecule has 2 rings (SSSR count). The minimum Gasteiger partial charge on any atom is -0.325 e. The molecule has 0 radical (unpaired) electrons. The Bertz CT molecular complexity index is 885. The van der Waals surface area contributed by atoms with Crippen LogP contribution in [0.15, 0.2) is 41.3 Å². The minimum atomic E-state index is -3.72. The van der Waals surface area contributed by atoms with Crippen LogP contribution in [-0.2, 0) is 14.8 Å². The van der Waals surface area contributed by atoms with Crippen molar-refractivity contribution in [3.05, 3.63) is 58.7 Å². The second kappa shape index (κ2) is 7.37. The van der Waals surface area contributed by atoms with Gasteiger partial charge >= 0.3 is 0 Å². The molecule has 0 fully saturated rings. The van der Waals surface area contributed by atoms with Gasteiger partial charge in [-0.3, -0.25) is 4.79 Å². The maximum Gasteiger partial charge on any atom is 0.243 e. The molecule has 0 aromatic heterocycles. The Labute approximate surface area is 149 Å². The number of amides is 1. The number of hydrogen-bond acceptors (Lipinski definition) is 3. The van der Waals surface area contributed by atoms with Crippen molar-refractivity contribution in [2.45, 2.75) is 32.6 Å². The third-order valence-electron chi connectivity index (χ3n) is 3.90. The zero-order chi connectivity index (χ0) is 18.8. The van der Waals surface area contributed by atoms with Gasteiger partial charge in [0, 0.05) is 12.7 Å². The molecule has 0 aliphatic rings. The summed E-state index contributed by atoms with van der Waals surface area (Å²) < 4.78 is 26.6. The molecule has 2 aromatic carbocycles. The van der Waals surface area contributed by atoms with E-state index in [9.17, 15) is 13.2 Å². The Morgan fingerprint density at radius 3 is 2.16 bits per heavy atom. The van der Waals surface area contributed by atoms with Crippen molar-refractivity contribution in [2.24, 2.45) is 0 Å². The largest absolute Gasteiger partial charge is 0.325 e. The van der Waals surface area contributed by atoms with Crippen LogP contribution in [0.3, 0.4) is 0 Å². The van der Waals surface area contributed by atoms with E-state index < -0.39 is 10.0 Å². The summed E-state index contributed by atoms with van der Waals surface area (Å²) in [5.41, 5.74) is 4.25. The number of carbonyl (C=O) groups excluding carboxylic acids is 1. The van der Waals surface area contributed by atoms with Crippen LogP contribution in [0.4, 0.5) is 5.69 Å². The summed E-state index contributed by atoms with van der Waals surface area (Å²) in [5.74, 6) is -0.374. The fraction of sp³-hybridized carbons (Fsp3) is 0.316. The first-order chi connectivity index (χ1) is 11.6. The first-order valence-electron chi connectivity index (χ1n) is 8.01. The van der Waals surface area contributed by atoms with Gasteiger partial charge in [-0.05, 0) is 68.1 Å². The SMILES string of the molecule is Cc1cc(C)cc(NC(=O)CN(C)S(=O)(=O)c2cc(C)ccc2C)c1. The number of benzene rings is 2. The average molecular weight is 360 g/mol. The third-order valence-corrected chi connectivity index (χ3v) is 5.85. The van der Waals surface area contributed by atoms with Crippen molar-refractivity contribution in [1.82, 2.24) is 4.31 Å². The number of aryl methyl sites for hydroxylation is 4. The van der Waals surface area contributed by atoms with Gasteiger partial charge in [-0.15, -0.1) is 0 Å². The molecule has 1 N–H and O–H groups in total. The van der Waals surface area contributed by atoms with Crippen molar-refractivity contribution >= 4 is 21.6 Å². The predicted molar refractivity (Wildman–Crippen MR) is 100 cm³/mol. The number of sulfonamides is 1. The highest BCUT2D eigenvalue weighted by molar-refractivity contribution is 7.89. The number of rotatable bonds is 5. The summed E-state index contributed by atoms with van der Waals surface area (Å²) in [6.07, 6.45) is 0. The van der Waals surface area contributed by atoms with Gasteiger partial charge in [-0.1, -0.05) is 18.2 Å². The molecule has 1 amide bonds. The Hall–Kier alpha value is -2.18. The average Bonchev–Trinajstić information content (AvgIpc) is 2.48. The summed E-state index contributed by atoms with van der Waals surface area (Å²) >= 11 is 0. The summed E-state index contributed by atoms with van der Waals surface area (Å²) in [5, 5.41) is 2.76. The van der Waals surface area contributed by atoms with Crippen LogP contribution in [0.5, 0.6) is 0 Å². The number of nitrogens with one attached hydrogen (secondary N) is 1. The number of nitrogens with zero attached hydrogens (tertiary/aromatic N) is 1. The van der Waals surface area contributed by atoms with Gasteiger partial charge in [0.15, 0.2) is 0 Å². The number of anilines is 1. The van der Waals surface area contributed by atoms with E-state index in [-0.39, 0.29) is 17.3 Å². The molecule has 25 heavy (non-hydrogen) atoms. The van der Waals surface area contributed by atoms with Crippen molar-refractivity contribution in [1.29, 1.82) is 0 Å². The lowest BCUT2D eigenvalue weighted by atomic mass is 10.1. The van der Waals surface area contributed by atoms with E-state index in [0.29, 0.717) is 11.3 Å². The molecule has 0 aliphatic carbocycles. The van der Waals surface area contributed by atoms with Gasteiger partial charge in [-0.2, -0.15) is 4.31 Å². The molecule has 0 bridgehead atoms. The van der Waals surface area contributed by atoms with Crippen molar-refractivity contribution in [3.63, 3.8) is 0 Å².